The number of carbonyl (C=O) groups is 2. The van der Waals surface area contributed by atoms with E-state index < -0.39 is 11.9 Å². The van der Waals surface area contributed by atoms with Gasteiger partial charge in [0, 0.05) is 22.9 Å². The van der Waals surface area contributed by atoms with E-state index in [4.69, 9.17) is 9.90 Å². The van der Waals surface area contributed by atoms with Crippen LogP contribution in [0.5, 0.6) is 0 Å². The Morgan fingerprint density at radius 3 is 2.29 bits per heavy atom. The Balaban J connectivity index is 0. The minimum atomic E-state index is -1.08. The van der Waals surface area contributed by atoms with Gasteiger partial charge in [-0.05, 0) is 32.6 Å². The maximum absolute atomic E-state index is 10.1. The van der Waals surface area contributed by atoms with E-state index in [-0.39, 0.29) is 29.5 Å². The summed E-state index contributed by atoms with van der Waals surface area (Å²) in [6, 6.07) is 0. The fourth-order valence-electron chi connectivity index (χ4n) is 1.21. The molecule has 0 saturated carbocycles. The van der Waals surface area contributed by atoms with Crippen LogP contribution >= 0.6 is 21.6 Å². The second-order valence-electron chi connectivity index (χ2n) is 3.44. The second-order valence-corrected chi connectivity index (χ2v) is 6.23. The van der Waals surface area contributed by atoms with E-state index in [2.05, 4.69) is 0 Å². The van der Waals surface area contributed by atoms with Gasteiger partial charge in [-0.2, -0.15) is 0 Å². The molecule has 0 aromatic carbocycles. The van der Waals surface area contributed by atoms with Crippen molar-refractivity contribution in [2.24, 2.45) is 0 Å². The van der Waals surface area contributed by atoms with Crippen LogP contribution in [-0.2, 0) is 9.59 Å². The summed E-state index contributed by atoms with van der Waals surface area (Å²) >= 11 is 0. The topological polar surface area (TPSA) is 80.3 Å². The number of hydrogen-bond acceptors (Lipinski definition) is 6. The molecule has 1 saturated heterocycles. The average Bonchev–Trinajstić information content (AvgIpc) is 2.63. The molecule has 0 spiro atoms. The van der Waals surface area contributed by atoms with Crippen LogP contribution in [0, 0.1) is 0 Å². The molecule has 1 aliphatic rings. The van der Waals surface area contributed by atoms with Crippen molar-refractivity contribution in [3.63, 3.8) is 0 Å². The SMILES string of the molecule is CC(=O)[O-].O=C([O-])CCCCC1CCSS1.[Mg+2]. The number of aliphatic carboxylic acids is 2. The number of carboxylic acids is 2. The van der Waals surface area contributed by atoms with Crippen LogP contribution in [0.2, 0.25) is 0 Å². The van der Waals surface area contributed by atoms with Gasteiger partial charge in [0.1, 0.15) is 0 Å². The Morgan fingerprint density at radius 1 is 1.29 bits per heavy atom. The molecule has 0 aromatic rings. The number of carboxylic acid groups (broad SMARTS) is 2. The molecule has 1 atom stereocenters. The standard InChI is InChI=1S/C8H14O2S2.C2H4O2.Mg/c9-8(10)4-2-1-3-7-5-6-11-12-7;1-2(3)4;/h7H,1-6H2,(H,9,10);1H3,(H,3,4);/q;;+2/p-2. The first kappa shape index (κ1) is 19.7. The number of carbonyl (C=O) groups excluding carboxylic acids is 2. The molecule has 94 valence electrons. The Morgan fingerprint density at radius 2 is 1.88 bits per heavy atom. The van der Waals surface area contributed by atoms with Gasteiger partial charge in [0.2, 0.25) is 0 Å². The molecule has 1 rings (SSSR count). The number of rotatable bonds is 5. The van der Waals surface area contributed by atoms with Gasteiger partial charge in [-0.3, -0.25) is 0 Å². The molecule has 0 aromatic heterocycles. The third kappa shape index (κ3) is 16.4. The molecule has 1 unspecified atom stereocenters. The van der Waals surface area contributed by atoms with Gasteiger partial charge in [-0.15, -0.1) is 0 Å². The maximum atomic E-state index is 10.1. The molecule has 0 aliphatic carbocycles. The van der Waals surface area contributed by atoms with Gasteiger partial charge >= 0.3 is 23.1 Å². The minimum absolute atomic E-state index is 0. The van der Waals surface area contributed by atoms with Crippen molar-refractivity contribution in [3.8, 4) is 0 Å². The number of unbranched alkanes of at least 4 members (excludes halogenated alkanes) is 1. The van der Waals surface area contributed by atoms with Crippen molar-refractivity contribution in [2.45, 2.75) is 44.3 Å². The zero-order chi connectivity index (χ0) is 12.4. The van der Waals surface area contributed by atoms with Crippen LogP contribution in [0.3, 0.4) is 0 Å². The first-order valence-electron chi connectivity index (χ1n) is 5.18. The quantitative estimate of drug-likeness (QED) is 0.397. The summed E-state index contributed by atoms with van der Waals surface area (Å²) in [4.78, 5) is 19.0. The Bertz CT molecular complexity index is 216. The monoisotopic (exact) mass is 288 g/mol. The van der Waals surface area contributed by atoms with Gasteiger partial charge in [0.25, 0.3) is 0 Å². The fourth-order valence-corrected chi connectivity index (χ4v) is 4.23. The predicted octanol–water partition coefficient (Wildman–Crippen LogP) is -0.174. The van der Waals surface area contributed by atoms with Gasteiger partial charge in [0.05, 0.1) is 0 Å². The van der Waals surface area contributed by atoms with Crippen LogP contribution in [0.25, 0.3) is 0 Å². The summed E-state index contributed by atoms with van der Waals surface area (Å²) in [6.07, 6.45) is 4.51. The van der Waals surface area contributed by atoms with Gasteiger partial charge in [-0.1, -0.05) is 28.0 Å². The molecule has 1 heterocycles. The zero-order valence-corrected chi connectivity index (χ0v) is 13.0. The summed E-state index contributed by atoms with van der Waals surface area (Å²) in [5.74, 6) is -0.737. The molecular weight excluding hydrogens is 273 g/mol. The molecule has 0 radical (unpaired) electrons. The van der Waals surface area contributed by atoms with Crippen molar-refractivity contribution in [2.75, 3.05) is 5.75 Å². The summed E-state index contributed by atoms with van der Waals surface area (Å²) in [7, 11) is 3.89. The summed E-state index contributed by atoms with van der Waals surface area (Å²) < 4.78 is 0. The smallest absolute Gasteiger partial charge is 0.550 e. The zero-order valence-electron chi connectivity index (χ0n) is 9.98. The Labute approximate surface area is 126 Å². The molecular formula is C10H16MgO4S2. The molecule has 17 heavy (non-hydrogen) atoms. The van der Waals surface area contributed by atoms with E-state index >= 15 is 0 Å². The van der Waals surface area contributed by atoms with E-state index in [1.807, 2.05) is 21.6 Å². The van der Waals surface area contributed by atoms with Crippen LogP contribution in [0.15, 0.2) is 0 Å². The largest absolute Gasteiger partial charge is 2.00 e. The van der Waals surface area contributed by atoms with Crippen LogP contribution in [0.4, 0.5) is 0 Å². The molecule has 0 bridgehead atoms. The molecule has 1 fully saturated rings. The summed E-state index contributed by atoms with van der Waals surface area (Å²) in [5.41, 5.74) is 0. The Hall–Kier alpha value is 0.406. The molecule has 7 heteroatoms. The van der Waals surface area contributed by atoms with Crippen molar-refractivity contribution >= 4 is 56.6 Å². The minimum Gasteiger partial charge on any atom is -0.550 e. The van der Waals surface area contributed by atoms with Crippen LogP contribution in [0.1, 0.15) is 39.0 Å². The van der Waals surface area contributed by atoms with E-state index in [1.165, 1.54) is 18.6 Å². The van der Waals surface area contributed by atoms with Gasteiger partial charge in [-0.25, -0.2) is 0 Å². The summed E-state index contributed by atoms with van der Waals surface area (Å²) in [6.45, 7) is 0.972. The van der Waals surface area contributed by atoms with Crippen molar-refractivity contribution < 1.29 is 19.8 Å². The molecule has 0 amide bonds. The van der Waals surface area contributed by atoms with E-state index in [9.17, 15) is 9.90 Å². The van der Waals surface area contributed by atoms with Crippen molar-refractivity contribution in [1.82, 2.24) is 0 Å². The van der Waals surface area contributed by atoms with Crippen molar-refractivity contribution in [1.29, 1.82) is 0 Å². The van der Waals surface area contributed by atoms with Gasteiger partial charge in [0.15, 0.2) is 0 Å². The fraction of sp³-hybridized carbons (Fsp3) is 0.800. The first-order valence-corrected chi connectivity index (χ1v) is 7.56. The van der Waals surface area contributed by atoms with Crippen LogP contribution < -0.4 is 10.2 Å². The Kier molecular flexibility index (Phi) is 14.9. The number of hydrogen-bond donors (Lipinski definition) is 0. The van der Waals surface area contributed by atoms with E-state index in [0.717, 1.165) is 25.0 Å². The van der Waals surface area contributed by atoms with E-state index in [0.29, 0.717) is 0 Å². The second kappa shape index (κ2) is 12.9. The average molecular weight is 289 g/mol. The molecule has 0 N–H and O–H groups in total. The molecule has 1 aliphatic heterocycles. The van der Waals surface area contributed by atoms with Gasteiger partial charge < -0.3 is 19.8 Å². The predicted molar refractivity (Wildman–Crippen MR) is 68.4 cm³/mol. The molecule has 4 nitrogen and oxygen atoms in total. The van der Waals surface area contributed by atoms with Crippen molar-refractivity contribution in [3.05, 3.63) is 0 Å². The summed E-state index contributed by atoms with van der Waals surface area (Å²) in [5, 5.41) is 19.7. The normalized spacial score (nSPS) is 17.6. The maximum Gasteiger partial charge on any atom is 2.00 e. The first-order chi connectivity index (χ1) is 7.52. The third-order valence-corrected chi connectivity index (χ3v) is 4.89. The van der Waals surface area contributed by atoms with Crippen LogP contribution in [-0.4, -0.2) is 46.0 Å². The third-order valence-electron chi connectivity index (χ3n) is 1.88. The van der Waals surface area contributed by atoms with E-state index in [1.54, 1.807) is 0 Å².